The number of methoxy groups -OCH3 is 1. The third-order valence-corrected chi connectivity index (χ3v) is 9.83. The standard InChI is InChI=1S/C41H44O11/c1-43-41-37(36(45-23-27-16-8-3-9-17-27)34-31(49-41)25-47-39(51-34)29-20-12-5-13-21-29)52-40-32(42)35(44-22-26-14-6-2-7-15-26)33-30(48-40)24-46-38(50-33)28-18-10-4-11-19-28/h2-21,30-42H,22-25H2,1H3/t30-,31-,32+,33-,34-,35-,36+,37+,38?,39?,40-,41+/m1/s1. The summed E-state index contributed by atoms with van der Waals surface area (Å²) in [4.78, 5) is 0. The Morgan fingerprint density at radius 2 is 0.981 bits per heavy atom. The number of rotatable bonds is 11. The largest absolute Gasteiger partial charge is 0.385 e. The third-order valence-electron chi connectivity index (χ3n) is 9.83. The van der Waals surface area contributed by atoms with Gasteiger partial charge in [0.1, 0.15) is 48.8 Å². The van der Waals surface area contributed by atoms with Crippen LogP contribution < -0.4 is 0 Å². The molecule has 0 radical (unpaired) electrons. The molecule has 11 nitrogen and oxygen atoms in total. The molecule has 1 N–H and O–H groups in total. The molecule has 4 heterocycles. The summed E-state index contributed by atoms with van der Waals surface area (Å²) >= 11 is 0. The van der Waals surface area contributed by atoms with Crippen molar-refractivity contribution in [1.82, 2.24) is 0 Å². The smallest absolute Gasteiger partial charge is 0.187 e. The quantitative estimate of drug-likeness (QED) is 0.221. The minimum atomic E-state index is -1.27. The van der Waals surface area contributed by atoms with Crippen molar-refractivity contribution in [3.05, 3.63) is 144 Å². The normalized spacial score (nSPS) is 34.6. The molecule has 0 aromatic heterocycles. The van der Waals surface area contributed by atoms with Gasteiger partial charge in [-0.1, -0.05) is 121 Å². The Balaban J connectivity index is 1.06. The zero-order valence-corrected chi connectivity index (χ0v) is 28.8. The zero-order valence-electron chi connectivity index (χ0n) is 28.8. The van der Waals surface area contributed by atoms with E-state index in [4.69, 9.17) is 47.4 Å². The predicted octanol–water partition coefficient (Wildman–Crippen LogP) is 5.23. The van der Waals surface area contributed by atoms with Crippen LogP contribution >= 0.6 is 0 Å². The van der Waals surface area contributed by atoms with Crippen LogP contribution in [0, 0.1) is 0 Å². The molecule has 52 heavy (non-hydrogen) atoms. The Hall–Kier alpha value is -3.56. The molecule has 11 heteroatoms. The predicted molar refractivity (Wildman–Crippen MR) is 185 cm³/mol. The SMILES string of the molecule is CO[C@H]1O[C@@H]2COC(c3ccccc3)O[C@H]2[C@H](OCc2ccccc2)[C@@H]1O[C@H]1O[C@@H]2COC(c3ccccc3)O[C@H]2[C@H](OCc2ccccc2)[C@@H]1O. The highest BCUT2D eigenvalue weighted by Gasteiger charge is 2.56. The molecule has 274 valence electrons. The topological polar surface area (TPSA) is 113 Å². The number of hydrogen-bond acceptors (Lipinski definition) is 11. The van der Waals surface area contributed by atoms with E-state index in [2.05, 4.69) is 0 Å². The highest BCUT2D eigenvalue weighted by molar-refractivity contribution is 5.19. The summed E-state index contributed by atoms with van der Waals surface area (Å²) in [5.41, 5.74) is 3.65. The van der Waals surface area contributed by atoms with E-state index in [0.717, 1.165) is 22.3 Å². The van der Waals surface area contributed by atoms with Gasteiger partial charge in [0.05, 0.1) is 26.4 Å². The Bertz CT molecular complexity index is 1670. The number of aliphatic hydroxyl groups excluding tert-OH is 1. The van der Waals surface area contributed by atoms with Crippen molar-refractivity contribution in [2.45, 2.75) is 87.2 Å². The fourth-order valence-corrected chi connectivity index (χ4v) is 7.18. The maximum atomic E-state index is 12.0. The third kappa shape index (κ3) is 7.86. The first kappa shape index (κ1) is 35.5. The van der Waals surface area contributed by atoms with Gasteiger partial charge in [0.2, 0.25) is 0 Å². The van der Waals surface area contributed by atoms with E-state index < -0.39 is 74.0 Å². The minimum absolute atomic E-state index is 0.189. The Labute approximate surface area is 303 Å². The molecule has 4 aromatic rings. The molecule has 4 aliphatic rings. The second-order valence-corrected chi connectivity index (χ2v) is 13.3. The van der Waals surface area contributed by atoms with E-state index in [1.54, 1.807) is 7.11 Å². The van der Waals surface area contributed by atoms with Crippen LogP contribution in [-0.2, 0) is 60.6 Å². The molecular formula is C41H44O11. The molecule has 12 atom stereocenters. The average Bonchev–Trinajstić information content (AvgIpc) is 3.21. The van der Waals surface area contributed by atoms with E-state index in [-0.39, 0.29) is 26.4 Å². The van der Waals surface area contributed by atoms with Crippen LogP contribution in [0.5, 0.6) is 0 Å². The van der Waals surface area contributed by atoms with Crippen LogP contribution in [0.2, 0.25) is 0 Å². The number of aliphatic hydroxyl groups is 1. The summed E-state index contributed by atoms with van der Waals surface area (Å²) in [6, 6.07) is 39.0. The number of ether oxygens (including phenoxy) is 10. The first-order valence-electron chi connectivity index (χ1n) is 17.8. The van der Waals surface area contributed by atoms with Crippen LogP contribution in [0.3, 0.4) is 0 Å². The van der Waals surface area contributed by atoms with E-state index in [0.29, 0.717) is 0 Å². The van der Waals surface area contributed by atoms with Crippen LogP contribution in [0.15, 0.2) is 121 Å². The van der Waals surface area contributed by atoms with Crippen molar-refractivity contribution in [1.29, 1.82) is 0 Å². The van der Waals surface area contributed by atoms with E-state index >= 15 is 0 Å². The fourth-order valence-electron chi connectivity index (χ4n) is 7.18. The average molecular weight is 713 g/mol. The van der Waals surface area contributed by atoms with Crippen LogP contribution in [0.25, 0.3) is 0 Å². The number of fused-ring (bicyclic) bond motifs is 2. The summed E-state index contributed by atoms with van der Waals surface area (Å²) < 4.78 is 63.9. The summed E-state index contributed by atoms with van der Waals surface area (Å²) in [5, 5.41) is 12.0. The molecule has 4 fully saturated rings. The van der Waals surface area contributed by atoms with Crippen molar-refractivity contribution in [3.8, 4) is 0 Å². The Kier molecular flexibility index (Phi) is 11.3. The van der Waals surface area contributed by atoms with Gasteiger partial charge in [-0.05, 0) is 11.1 Å². The lowest BCUT2D eigenvalue weighted by Gasteiger charge is -2.51. The second-order valence-electron chi connectivity index (χ2n) is 13.3. The van der Waals surface area contributed by atoms with Crippen molar-refractivity contribution < 1.29 is 52.5 Å². The van der Waals surface area contributed by atoms with Crippen molar-refractivity contribution >= 4 is 0 Å². The van der Waals surface area contributed by atoms with E-state index in [9.17, 15) is 5.11 Å². The molecule has 0 spiro atoms. The molecule has 0 bridgehead atoms. The molecule has 4 aromatic carbocycles. The fraction of sp³-hybridized carbons (Fsp3) is 0.415. The van der Waals surface area contributed by atoms with Gasteiger partial charge in [-0.3, -0.25) is 0 Å². The minimum Gasteiger partial charge on any atom is -0.385 e. The molecule has 2 unspecified atom stereocenters. The number of benzene rings is 4. The molecule has 0 aliphatic carbocycles. The molecule has 8 rings (SSSR count). The summed E-state index contributed by atoms with van der Waals surface area (Å²) in [5.74, 6) is 0. The molecule has 4 aliphatic heterocycles. The van der Waals surface area contributed by atoms with Crippen LogP contribution in [0.4, 0.5) is 0 Å². The summed E-state index contributed by atoms with van der Waals surface area (Å²) in [6.45, 7) is 0.957. The van der Waals surface area contributed by atoms with Gasteiger partial charge in [0.15, 0.2) is 25.2 Å². The zero-order chi connectivity index (χ0) is 35.3. The Morgan fingerprint density at radius 3 is 1.48 bits per heavy atom. The maximum absolute atomic E-state index is 12.0. The van der Waals surface area contributed by atoms with Gasteiger partial charge in [-0.25, -0.2) is 0 Å². The summed E-state index contributed by atoms with van der Waals surface area (Å²) in [7, 11) is 1.54. The first-order chi connectivity index (χ1) is 25.6. The molecular weight excluding hydrogens is 668 g/mol. The highest BCUT2D eigenvalue weighted by atomic mass is 16.8. The van der Waals surface area contributed by atoms with Crippen LogP contribution in [0.1, 0.15) is 34.8 Å². The van der Waals surface area contributed by atoms with E-state index in [1.807, 2.05) is 121 Å². The monoisotopic (exact) mass is 712 g/mol. The lowest BCUT2D eigenvalue weighted by molar-refractivity contribution is -0.408. The maximum Gasteiger partial charge on any atom is 0.187 e. The molecule has 0 amide bonds. The van der Waals surface area contributed by atoms with Crippen molar-refractivity contribution in [2.24, 2.45) is 0 Å². The second kappa shape index (κ2) is 16.6. The number of hydrogen-bond donors (Lipinski definition) is 1. The van der Waals surface area contributed by atoms with Gasteiger partial charge >= 0.3 is 0 Å². The highest BCUT2D eigenvalue weighted by Crippen LogP contribution is 2.40. The van der Waals surface area contributed by atoms with Crippen molar-refractivity contribution in [2.75, 3.05) is 20.3 Å². The van der Waals surface area contributed by atoms with Gasteiger partial charge in [0, 0.05) is 18.2 Å². The van der Waals surface area contributed by atoms with Crippen LogP contribution in [-0.4, -0.2) is 86.8 Å². The van der Waals surface area contributed by atoms with Crippen molar-refractivity contribution in [3.63, 3.8) is 0 Å². The lowest BCUT2D eigenvalue weighted by atomic mass is 9.95. The van der Waals surface area contributed by atoms with Gasteiger partial charge < -0.3 is 52.5 Å². The Morgan fingerprint density at radius 1 is 0.538 bits per heavy atom. The first-order valence-corrected chi connectivity index (χ1v) is 17.8. The van der Waals surface area contributed by atoms with Gasteiger partial charge in [-0.15, -0.1) is 0 Å². The molecule has 4 saturated heterocycles. The molecule has 0 saturated carbocycles. The van der Waals surface area contributed by atoms with Gasteiger partial charge in [0.25, 0.3) is 0 Å². The summed E-state index contributed by atoms with van der Waals surface area (Å²) in [6.07, 6.45) is -9.46. The lowest BCUT2D eigenvalue weighted by Crippen LogP contribution is -2.67. The van der Waals surface area contributed by atoms with Gasteiger partial charge in [-0.2, -0.15) is 0 Å². The van der Waals surface area contributed by atoms with E-state index in [1.165, 1.54) is 0 Å².